The zero-order valence-electron chi connectivity index (χ0n) is 10.5. The summed E-state index contributed by atoms with van der Waals surface area (Å²) in [7, 11) is -2.36. The molecular weight excluding hydrogens is 341 g/mol. The van der Waals surface area contributed by atoms with E-state index in [1.807, 2.05) is 0 Å². The molecule has 0 unspecified atom stereocenters. The van der Waals surface area contributed by atoms with Crippen molar-refractivity contribution in [1.29, 1.82) is 0 Å². The van der Waals surface area contributed by atoms with Gasteiger partial charge in [-0.3, -0.25) is 0 Å². The van der Waals surface area contributed by atoms with Crippen molar-refractivity contribution in [2.75, 3.05) is 0 Å². The quantitative estimate of drug-likeness (QED) is 0.838. The van der Waals surface area contributed by atoms with Gasteiger partial charge in [-0.1, -0.05) is 24.3 Å². The Kier molecular flexibility index (Phi) is 5.85. The van der Waals surface area contributed by atoms with E-state index in [1.165, 1.54) is 24.3 Å². The lowest BCUT2D eigenvalue weighted by Gasteiger charge is -1.93. The summed E-state index contributed by atoms with van der Waals surface area (Å²) in [4.78, 5) is -0.0748. The van der Waals surface area contributed by atoms with E-state index in [4.69, 9.17) is 15.8 Å². The van der Waals surface area contributed by atoms with Gasteiger partial charge in [0.1, 0.15) is 5.82 Å². The van der Waals surface area contributed by atoms with Crippen LogP contribution >= 0.6 is 10.7 Å². The summed E-state index contributed by atoms with van der Waals surface area (Å²) < 4.78 is 54.8. The van der Waals surface area contributed by atoms with Gasteiger partial charge >= 0.3 is 0 Å². The molecule has 114 valence electrons. The van der Waals surface area contributed by atoms with Crippen molar-refractivity contribution in [2.45, 2.75) is 9.79 Å². The van der Waals surface area contributed by atoms with Crippen molar-refractivity contribution >= 4 is 29.8 Å². The van der Waals surface area contributed by atoms with Crippen LogP contribution in [0.15, 0.2) is 64.4 Å². The van der Waals surface area contributed by atoms with E-state index in [1.54, 1.807) is 18.2 Å². The largest absolute Gasteiger partial charge is 0.261 e. The highest BCUT2D eigenvalue weighted by molar-refractivity contribution is 8.13. The minimum Gasteiger partial charge on any atom is -0.225 e. The lowest BCUT2D eigenvalue weighted by molar-refractivity contribution is 0.597. The Morgan fingerprint density at radius 1 is 0.857 bits per heavy atom. The summed E-state index contributed by atoms with van der Waals surface area (Å²) in [6, 6.07) is 12.4. The first-order chi connectivity index (χ1) is 9.60. The van der Waals surface area contributed by atoms with Crippen molar-refractivity contribution in [3.8, 4) is 0 Å². The Morgan fingerprint density at radius 3 is 1.71 bits per heavy atom. The maximum absolute atomic E-state index is 12.4. The van der Waals surface area contributed by atoms with E-state index >= 15 is 0 Å². The number of hydrogen-bond donors (Lipinski definition) is 1. The molecule has 0 aromatic heterocycles. The third-order valence-corrected chi connectivity index (χ3v) is 4.43. The molecule has 2 aromatic carbocycles. The predicted molar refractivity (Wildman–Crippen MR) is 77.3 cm³/mol. The normalized spacial score (nSPS) is 11.4. The molecule has 0 amide bonds. The molecule has 0 spiro atoms. The van der Waals surface area contributed by atoms with Crippen molar-refractivity contribution < 1.29 is 21.2 Å². The summed E-state index contributed by atoms with van der Waals surface area (Å²) in [5.74, 6) is -0.619. The molecule has 2 rings (SSSR count). The van der Waals surface area contributed by atoms with E-state index in [2.05, 4.69) is 0 Å². The van der Waals surface area contributed by atoms with Crippen LogP contribution < -0.4 is 5.14 Å². The highest BCUT2D eigenvalue weighted by Crippen LogP contribution is 2.14. The van der Waals surface area contributed by atoms with Crippen LogP contribution in [0, 0.1) is 5.82 Å². The van der Waals surface area contributed by atoms with Gasteiger partial charge in [-0.05, 0) is 30.3 Å². The Labute approximate surface area is 126 Å². The SMILES string of the molecule is NS(=O)(=O)c1ccccc1.O=S(=O)(Cl)c1cccc(F)c1. The first-order valence-corrected chi connectivity index (χ1v) is 9.24. The smallest absolute Gasteiger partial charge is 0.225 e. The summed E-state index contributed by atoms with van der Waals surface area (Å²) in [5.41, 5.74) is 0. The lowest BCUT2D eigenvalue weighted by atomic mass is 10.4. The summed E-state index contributed by atoms with van der Waals surface area (Å²) in [6.07, 6.45) is 0. The van der Waals surface area contributed by atoms with Crippen LogP contribution in [-0.2, 0) is 19.1 Å². The molecule has 0 heterocycles. The van der Waals surface area contributed by atoms with E-state index in [0.717, 1.165) is 12.1 Å². The Bertz CT molecular complexity index is 808. The molecule has 2 aromatic rings. The number of sulfonamides is 1. The van der Waals surface area contributed by atoms with Gasteiger partial charge < -0.3 is 0 Å². The summed E-state index contributed by atoms with van der Waals surface area (Å²) in [6.45, 7) is 0. The molecule has 0 saturated carbocycles. The van der Waals surface area contributed by atoms with Gasteiger partial charge in [0.2, 0.25) is 10.0 Å². The van der Waals surface area contributed by atoms with Crippen LogP contribution in [0.25, 0.3) is 0 Å². The molecule has 5 nitrogen and oxygen atoms in total. The van der Waals surface area contributed by atoms with E-state index < -0.39 is 24.9 Å². The van der Waals surface area contributed by atoms with Gasteiger partial charge in [-0.15, -0.1) is 0 Å². The number of hydrogen-bond acceptors (Lipinski definition) is 4. The number of rotatable bonds is 2. The Hall–Kier alpha value is -1.48. The number of halogens is 2. The number of nitrogens with two attached hydrogens (primary N) is 1. The lowest BCUT2D eigenvalue weighted by Crippen LogP contribution is -2.11. The van der Waals surface area contributed by atoms with Gasteiger partial charge in [-0.2, -0.15) is 0 Å². The first-order valence-electron chi connectivity index (χ1n) is 5.39. The molecule has 0 aliphatic heterocycles. The van der Waals surface area contributed by atoms with Crippen LogP contribution in [0.3, 0.4) is 0 Å². The minimum absolute atomic E-state index is 0.148. The average molecular weight is 352 g/mol. The van der Waals surface area contributed by atoms with Gasteiger partial charge in [0.05, 0.1) is 9.79 Å². The summed E-state index contributed by atoms with van der Waals surface area (Å²) >= 11 is 0. The van der Waals surface area contributed by atoms with Gasteiger partial charge in [0.15, 0.2) is 0 Å². The van der Waals surface area contributed by atoms with Crippen molar-refractivity contribution in [3.63, 3.8) is 0 Å². The highest BCUT2D eigenvalue weighted by atomic mass is 35.7. The second-order valence-corrected chi connectivity index (χ2v) is 7.88. The van der Waals surface area contributed by atoms with Crippen LogP contribution in [0.2, 0.25) is 0 Å². The standard InChI is InChI=1S/C6H4ClFO2S.C6H7NO2S/c7-11(9,10)6-3-1-2-5(8)4-6;7-10(8,9)6-4-2-1-3-5-6/h1-4H;1-5H,(H2,7,8,9). The molecule has 0 radical (unpaired) electrons. The Balaban J connectivity index is 0.000000211. The minimum atomic E-state index is -3.79. The molecule has 2 N–H and O–H groups in total. The van der Waals surface area contributed by atoms with Crippen molar-refractivity contribution in [3.05, 3.63) is 60.4 Å². The molecule has 0 saturated heterocycles. The second kappa shape index (κ2) is 6.99. The first kappa shape index (κ1) is 17.6. The van der Waals surface area contributed by atoms with Gasteiger partial charge in [-0.25, -0.2) is 26.4 Å². The van der Waals surface area contributed by atoms with E-state index in [9.17, 15) is 21.2 Å². The van der Waals surface area contributed by atoms with E-state index in [0.29, 0.717) is 0 Å². The van der Waals surface area contributed by atoms with Crippen LogP contribution in [-0.4, -0.2) is 16.8 Å². The number of primary sulfonamides is 1. The molecule has 0 aliphatic carbocycles. The van der Waals surface area contributed by atoms with Crippen molar-refractivity contribution in [2.24, 2.45) is 5.14 Å². The maximum atomic E-state index is 12.4. The topological polar surface area (TPSA) is 94.3 Å². The van der Waals surface area contributed by atoms with Gasteiger partial charge in [0.25, 0.3) is 9.05 Å². The molecule has 0 bridgehead atoms. The molecule has 0 fully saturated rings. The van der Waals surface area contributed by atoms with Crippen molar-refractivity contribution in [1.82, 2.24) is 0 Å². The third kappa shape index (κ3) is 6.21. The molecule has 21 heavy (non-hydrogen) atoms. The second-order valence-electron chi connectivity index (χ2n) is 3.75. The van der Waals surface area contributed by atoms with Gasteiger partial charge in [0, 0.05) is 10.7 Å². The molecule has 0 atom stereocenters. The Morgan fingerprint density at radius 2 is 1.38 bits per heavy atom. The van der Waals surface area contributed by atoms with Crippen LogP contribution in [0.5, 0.6) is 0 Å². The fourth-order valence-corrected chi connectivity index (χ4v) is 2.55. The fourth-order valence-electron chi connectivity index (χ4n) is 1.23. The summed E-state index contributed by atoms with van der Waals surface area (Å²) in [5, 5.41) is 4.83. The molecule has 9 heteroatoms. The monoisotopic (exact) mass is 351 g/mol. The molecule has 0 aliphatic rings. The average Bonchev–Trinajstić information content (AvgIpc) is 2.38. The third-order valence-electron chi connectivity index (χ3n) is 2.15. The zero-order valence-corrected chi connectivity index (χ0v) is 12.9. The number of benzene rings is 2. The van der Waals surface area contributed by atoms with Crippen LogP contribution in [0.1, 0.15) is 0 Å². The zero-order chi connectivity index (χ0) is 16.1. The fraction of sp³-hybridized carbons (Fsp3) is 0. The van der Waals surface area contributed by atoms with Crippen LogP contribution in [0.4, 0.5) is 4.39 Å². The maximum Gasteiger partial charge on any atom is 0.261 e. The van der Waals surface area contributed by atoms with E-state index in [-0.39, 0.29) is 9.79 Å². The molecular formula is C12H11ClFNO4S2. The predicted octanol–water partition coefficient (Wildman–Crippen LogP) is 2.09. The highest BCUT2D eigenvalue weighted by Gasteiger charge is 2.09.